The van der Waals surface area contributed by atoms with Crippen LogP contribution in [0.5, 0.6) is 0 Å². The third-order valence-corrected chi connectivity index (χ3v) is 3.46. The van der Waals surface area contributed by atoms with Gasteiger partial charge in [-0.3, -0.25) is 4.79 Å². The van der Waals surface area contributed by atoms with Crippen LogP contribution in [-0.2, 0) is 17.8 Å². The molecule has 0 amide bonds. The van der Waals surface area contributed by atoms with Crippen LogP contribution in [0.1, 0.15) is 12.1 Å². The number of aryl methyl sites for hydroxylation is 1. The Labute approximate surface area is 97.5 Å². The summed E-state index contributed by atoms with van der Waals surface area (Å²) in [4.78, 5) is 11.0. The van der Waals surface area contributed by atoms with Crippen molar-refractivity contribution in [2.24, 2.45) is 5.92 Å². The number of carboxylic acids is 1. The number of carboxylic acid groups (broad SMARTS) is 1. The van der Waals surface area contributed by atoms with Crippen LogP contribution >= 0.6 is 0 Å². The molecule has 4 heteroatoms. The van der Waals surface area contributed by atoms with Crippen LogP contribution in [0.4, 0.5) is 4.39 Å². The molecule has 1 aliphatic heterocycles. The van der Waals surface area contributed by atoms with Gasteiger partial charge in [0.15, 0.2) is 0 Å². The fourth-order valence-electron chi connectivity index (χ4n) is 2.61. The number of halogens is 1. The predicted molar refractivity (Wildman–Crippen MR) is 61.3 cm³/mol. The first-order chi connectivity index (χ1) is 8.16. The molecule has 3 nitrogen and oxygen atoms in total. The Morgan fingerprint density at radius 2 is 2.29 bits per heavy atom. The minimum Gasteiger partial charge on any atom is -0.481 e. The van der Waals surface area contributed by atoms with E-state index in [0.29, 0.717) is 24.9 Å². The molecule has 0 bridgehead atoms. The van der Waals surface area contributed by atoms with Crippen LogP contribution in [0.15, 0.2) is 24.3 Å². The van der Waals surface area contributed by atoms with Crippen molar-refractivity contribution in [1.29, 1.82) is 0 Å². The molecular weight excluding hydrogens is 221 g/mol. The fraction of sp³-hybridized carbons (Fsp3) is 0.308. The Kier molecular flexibility index (Phi) is 2.18. The molecule has 88 valence electrons. The normalized spacial score (nSPS) is 19.2. The zero-order chi connectivity index (χ0) is 12.0. The van der Waals surface area contributed by atoms with Gasteiger partial charge in [-0.15, -0.1) is 0 Å². The van der Waals surface area contributed by atoms with Crippen molar-refractivity contribution >= 4 is 16.9 Å². The molecule has 17 heavy (non-hydrogen) atoms. The van der Waals surface area contributed by atoms with Crippen LogP contribution < -0.4 is 0 Å². The van der Waals surface area contributed by atoms with E-state index in [4.69, 9.17) is 5.11 Å². The molecular formula is C13H12FNO2. The van der Waals surface area contributed by atoms with Crippen molar-refractivity contribution in [2.75, 3.05) is 0 Å². The Bertz CT molecular complexity index is 603. The number of nitrogens with zero attached hydrogens (tertiary/aromatic N) is 1. The molecule has 1 unspecified atom stereocenters. The van der Waals surface area contributed by atoms with Crippen molar-refractivity contribution in [2.45, 2.75) is 19.4 Å². The Hall–Kier alpha value is -1.84. The van der Waals surface area contributed by atoms with E-state index in [1.807, 2.05) is 16.7 Å². The molecule has 1 aromatic heterocycles. The summed E-state index contributed by atoms with van der Waals surface area (Å²) in [7, 11) is 0. The minimum absolute atomic E-state index is 0.234. The van der Waals surface area contributed by atoms with Crippen LogP contribution in [0.3, 0.4) is 0 Å². The summed E-state index contributed by atoms with van der Waals surface area (Å²) < 4.78 is 15.6. The van der Waals surface area contributed by atoms with Crippen LogP contribution in [0, 0.1) is 11.7 Å². The molecule has 1 aromatic carbocycles. The first kappa shape index (κ1) is 10.3. The highest BCUT2D eigenvalue weighted by atomic mass is 19.1. The molecule has 0 fully saturated rings. The lowest BCUT2D eigenvalue weighted by Crippen LogP contribution is -2.25. The Balaban J connectivity index is 2.14. The van der Waals surface area contributed by atoms with Crippen molar-refractivity contribution in [3.05, 3.63) is 35.8 Å². The van der Waals surface area contributed by atoms with Crippen molar-refractivity contribution in [1.82, 2.24) is 4.57 Å². The summed E-state index contributed by atoms with van der Waals surface area (Å²) in [6.45, 7) is 0.580. The highest BCUT2D eigenvalue weighted by molar-refractivity contribution is 5.82. The number of aromatic nitrogens is 1. The van der Waals surface area contributed by atoms with Gasteiger partial charge in [0.05, 0.1) is 11.4 Å². The van der Waals surface area contributed by atoms with Gasteiger partial charge >= 0.3 is 5.97 Å². The van der Waals surface area contributed by atoms with Crippen LogP contribution in [0.25, 0.3) is 10.9 Å². The summed E-state index contributed by atoms with van der Waals surface area (Å²) in [5, 5.41) is 9.86. The minimum atomic E-state index is -0.762. The monoisotopic (exact) mass is 233 g/mol. The maximum absolute atomic E-state index is 13.7. The highest BCUT2D eigenvalue weighted by Gasteiger charge is 2.26. The second-order valence-corrected chi connectivity index (χ2v) is 4.49. The molecule has 1 aliphatic rings. The fourth-order valence-corrected chi connectivity index (χ4v) is 2.61. The molecule has 2 aromatic rings. The van der Waals surface area contributed by atoms with Crippen molar-refractivity contribution in [3.8, 4) is 0 Å². The number of para-hydroxylation sites is 1. The van der Waals surface area contributed by atoms with Gasteiger partial charge in [-0.1, -0.05) is 12.1 Å². The number of hydrogen-bond acceptors (Lipinski definition) is 1. The molecule has 3 rings (SSSR count). The average molecular weight is 233 g/mol. The average Bonchev–Trinajstić information content (AvgIpc) is 2.67. The second-order valence-electron chi connectivity index (χ2n) is 4.49. The quantitative estimate of drug-likeness (QED) is 0.822. The maximum Gasteiger partial charge on any atom is 0.306 e. The standard InChI is InChI=1S/C13H12FNO2/c14-11-3-1-2-8-6-10-7-9(13(16)17)4-5-15(10)12(8)11/h1-3,6,9H,4-5,7H2,(H,16,17). The van der Waals surface area contributed by atoms with E-state index < -0.39 is 5.97 Å². The van der Waals surface area contributed by atoms with Gasteiger partial charge in [0.1, 0.15) is 5.82 Å². The van der Waals surface area contributed by atoms with Crippen LogP contribution in [-0.4, -0.2) is 15.6 Å². The SMILES string of the molecule is O=C(O)C1CCn2c(cc3cccc(F)c32)C1. The molecule has 1 N–H and O–H groups in total. The summed E-state index contributed by atoms with van der Waals surface area (Å²) in [5.41, 5.74) is 1.52. The van der Waals surface area contributed by atoms with Crippen molar-refractivity contribution in [3.63, 3.8) is 0 Å². The zero-order valence-corrected chi connectivity index (χ0v) is 9.19. The van der Waals surface area contributed by atoms with E-state index in [0.717, 1.165) is 11.1 Å². The first-order valence-corrected chi connectivity index (χ1v) is 5.66. The van der Waals surface area contributed by atoms with Gasteiger partial charge in [0.25, 0.3) is 0 Å². The van der Waals surface area contributed by atoms with E-state index >= 15 is 0 Å². The number of benzene rings is 1. The number of hydrogen-bond donors (Lipinski definition) is 1. The first-order valence-electron chi connectivity index (χ1n) is 5.66. The summed E-state index contributed by atoms with van der Waals surface area (Å²) >= 11 is 0. The molecule has 0 saturated carbocycles. The number of fused-ring (bicyclic) bond motifs is 3. The number of carbonyl (C=O) groups is 1. The molecule has 0 spiro atoms. The van der Waals surface area contributed by atoms with Crippen LogP contribution in [0.2, 0.25) is 0 Å². The third-order valence-electron chi connectivity index (χ3n) is 3.46. The molecule has 0 saturated heterocycles. The lowest BCUT2D eigenvalue weighted by Gasteiger charge is -2.21. The van der Waals surface area contributed by atoms with Gasteiger partial charge in [-0.25, -0.2) is 4.39 Å². The lowest BCUT2D eigenvalue weighted by molar-refractivity contribution is -0.142. The second kappa shape index (κ2) is 3.58. The topological polar surface area (TPSA) is 42.2 Å². The highest BCUT2D eigenvalue weighted by Crippen LogP contribution is 2.29. The summed E-state index contributed by atoms with van der Waals surface area (Å²) in [5.74, 6) is -1.33. The van der Waals surface area contributed by atoms with E-state index in [1.54, 1.807) is 6.07 Å². The maximum atomic E-state index is 13.7. The van der Waals surface area contributed by atoms with E-state index in [9.17, 15) is 9.18 Å². The van der Waals surface area contributed by atoms with Gasteiger partial charge < -0.3 is 9.67 Å². The third kappa shape index (κ3) is 1.52. The lowest BCUT2D eigenvalue weighted by atomic mass is 9.96. The van der Waals surface area contributed by atoms with E-state index in [-0.39, 0.29) is 11.7 Å². The van der Waals surface area contributed by atoms with Gasteiger partial charge in [0.2, 0.25) is 0 Å². The molecule has 1 atom stereocenters. The largest absolute Gasteiger partial charge is 0.481 e. The predicted octanol–water partition coefficient (Wildman–Crippen LogP) is 2.43. The van der Waals surface area contributed by atoms with Gasteiger partial charge in [-0.2, -0.15) is 0 Å². The summed E-state index contributed by atoms with van der Waals surface area (Å²) in [6, 6.07) is 6.88. The summed E-state index contributed by atoms with van der Waals surface area (Å²) in [6.07, 6.45) is 1.06. The zero-order valence-electron chi connectivity index (χ0n) is 9.19. The van der Waals surface area contributed by atoms with E-state index in [2.05, 4.69) is 0 Å². The molecule has 0 radical (unpaired) electrons. The number of rotatable bonds is 1. The van der Waals surface area contributed by atoms with E-state index in [1.165, 1.54) is 6.07 Å². The Morgan fingerprint density at radius 1 is 1.47 bits per heavy atom. The van der Waals surface area contributed by atoms with Crippen molar-refractivity contribution < 1.29 is 14.3 Å². The van der Waals surface area contributed by atoms with Gasteiger partial charge in [0, 0.05) is 24.0 Å². The Morgan fingerprint density at radius 3 is 3.06 bits per heavy atom. The molecule has 2 heterocycles. The molecule has 0 aliphatic carbocycles. The number of aliphatic carboxylic acids is 1. The van der Waals surface area contributed by atoms with Gasteiger partial charge in [-0.05, 0) is 18.6 Å². The smallest absolute Gasteiger partial charge is 0.306 e.